The Bertz CT molecular complexity index is 950. The number of aryl methyl sites for hydroxylation is 1. The Labute approximate surface area is 153 Å². The van der Waals surface area contributed by atoms with Crippen LogP contribution in [0.25, 0.3) is 0 Å². The number of ketones is 1. The summed E-state index contributed by atoms with van der Waals surface area (Å²) in [5.74, 6) is -0.484. The van der Waals surface area contributed by atoms with Crippen LogP contribution in [0.4, 0.5) is 5.69 Å². The van der Waals surface area contributed by atoms with Crippen molar-refractivity contribution < 1.29 is 18.0 Å². The summed E-state index contributed by atoms with van der Waals surface area (Å²) in [4.78, 5) is 23.7. The molecule has 0 radical (unpaired) electrons. The van der Waals surface area contributed by atoms with Crippen LogP contribution in [0.15, 0.2) is 47.4 Å². The van der Waals surface area contributed by atoms with Crippen molar-refractivity contribution in [2.75, 3.05) is 4.72 Å². The molecule has 26 heavy (non-hydrogen) atoms. The molecule has 2 aromatic rings. The van der Waals surface area contributed by atoms with Gasteiger partial charge in [-0.25, -0.2) is 8.42 Å². The van der Waals surface area contributed by atoms with Gasteiger partial charge in [-0.15, -0.1) is 0 Å². The highest BCUT2D eigenvalue weighted by Gasteiger charge is 2.19. The summed E-state index contributed by atoms with van der Waals surface area (Å²) in [6.45, 7) is 6.82. The minimum Gasteiger partial charge on any atom is -0.350 e. The zero-order chi connectivity index (χ0) is 19.5. The van der Waals surface area contributed by atoms with Gasteiger partial charge in [-0.3, -0.25) is 14.3 Å². The molecule has 0 saturated heterocycles. The Balaban J connectivity index is 2.36. The minimum atomic E-state index is -3.90. The monoisotopic (exact) mass is 374 g/mol. The third kappa shape index (κ3) is 4.70. The summed E-state index contributed by atoms with van der Waals surface area (Å²) in [7, 11) is -3.90. The maximum absolute atomic E-state index is 12.7. The average molecular weight is 374 g/mol. The third-order valence-corrected chi connectivity index (χ3v) is 5.08. The number of benzene rings is 2. The molecule has 0 aliphatic carbocycles. The second-order valence-corrected chi connectivity index (χ2v) is 8.03. The van der Waals surface area contributed by atoms with Crippen molar-refractivity contribution >= 4 is 27.4 Å². The van der Waals surface area contributed by atoms with Crippen LogP contribution >= 0.6 is 0 Å². The van der Waals surface area contributed by atoms with E-state index in [9.17, 15) is 18.0 Å². The summed E-state index contributed by atoms with van der Waals surface area (Å²) in [5.41, 5.74) is 1.68. The summed E-state index contributed by atoms with van der Waals surface area (Å²) in [5, 5.41) is 2.76. The maximum atomic E-state index is 12.7. The van der Waals surface area contributed by atoms with Gasteiger partial charge in [-0.05, 0) is 57.5 Å². The number of hydrogen-bond acceptors (Lipinski definition) is 4. The molecule has 0 saturated carbocycles. The van der Waals surface area contributed by atoms with Gasteiger partial charge in [0.2, 0.25) is 0 Å². The molecule has 0 aliphatic heterocycles. The molecule has 138 valence electrons. The fourth-order valence-corrected chi connectivity index (χ4v) is 3.44. The fraction of sp³-hybridized carbons (Fsp3) is 0.263. The van der Waals surface area contributed by atoms with Crippen molar-refractivity contribution in [2.45, 2.75) is 38.6 Å². The molecule has 6 nitrogen and oxygen atoms in total. The molecule has 2 N–H and O–H groups in total. The van der Waals surface area contributed by atoms with Crippen molar-refractivity contribution in [1.29, 1.82) is 0 Å². The van der Waals surface area contributed by atoms with Crippen molar-refractivity contribution in [3.8, 4) is 0 Å². The fourth-order valence-electron chi connectivity index (χ4n) is 2.37. The Kier molecular flexibility index (Phi) is 5.82. The van der Waals surface area contributed by atoms with Gasteiger partial charge in [0.15, 0.2) is 5.78 Å². The molecule has 0 atom stereocenters. The van der Waals surface area contributed by atoms with Crippen molar-refractivity contribution in [3.63, 3.8) is 0 Å². The Morgan fingerprint density at radius 3 is 2.35 bits per heavy atom. The highest BCUT2D eigenvalue weighted by atomic mass is 32.2. The van der Waals surface area contributed by atoms with E-state index in [-0.39, 0.29) is 28.3 Å². The Morgan fingerprint density at radius 2 is 1.73 bits per heavy atom. The van der Waals surface area contributed by atoms with E-state index >= 15 is 0 Å². The Hall–Kier alpha value is -2.67. The van der Waals surface area contributed by atoms with Crippen LogP contribution in [0.1, 0.15) is 47.1 Å². The first-order valence-corrected chi connectivity index (χ1v) is 9.64. The predicted octanol–water partition coefficient (Wildman–Crippen LogP) is 3.14. The molecule has 0 aromatic heterocycles. The van der Waals surface area contributed by atoms with E-state index < -0.39 is 10.0 Å². The van der Waals surface area contributed by atoms with E-state index in [1.807, 2.05) is 13.8 Å². The smallest absolute Gasteiger partial charge is 0.261 e. The van der Waals surface area contributed by atoms with Crippen LogP contribution in [0.5, 0.6) is 0 Å². The molecule has 0 spiro atoms. The van der Waals surface area contributed by atoms with Gasteiger partial charge >= 0.3 is 0 Å². The quantitative estimate of drug-likeness (QED) is 0.760. The van der Waals surface area contributed by atoms with Gasteiger partial charge in [-0.1, -0.05) is 18.2 Å². The normalized spacial score (nSPS) is 11.3. The summed E-state index contributed by atoms with van der Waals surface area (Å²) < 4.78 is 27.8. The molecule has 0 fully saturated rings. The number of sulfonamides is 1. The van der Waals surface area contributed by atoms with E-state index in [2.05, 4.69) is 10.0 Å². The first-order valence-electron chi connectivity index (χ1n) is 8.15. The molecule has 0 unspecified atom stereocenters. The molecule has 1 amide bonds. The van der Waals surface area contributed by atoms with Crippen LogP contribution in [0, 0.1) is 6.92 Å². The van der Waals surface area contributed by atoms with Crippen LogP contribution in [0.3, 0.4) is 0 Å². The standard InChI is InChI=1S/C19H22N2O4S/c1-12(2)20-19(23)18-11-17(9-8-13(18)3)26(24,25)21-16-7-5-6-15(10-16)14(4)22/h5-12,21H,1-4H3,(H,20,23). The molecule has 0 aliphatic rings. The number of rotatable bonds is 6. The lowest BCUT2D eigenvalue weighted by atomic mass is 10.1. The lowest BCUT2D eigenvalue weighted by molar-refractivity contribution is 0.0941. The number of amides is 1. The van der Waals surface area contributed by atoms with Crippen LogP contribution in [-0.4, -0.2) is 26.2 Å². The van der Waals surface area contributed by atoms with Crippen molar-refractivity contribution in [2.24, 2.45) is 0 Å². The van der Waals surface area contributed by atoms with Crippen molar-refractivity contribution in [3.05, 3.63) is 59.2 Å². The second kappa shape index (κ2) is 7.70. The van der Waals surface area contributed by atoms with Gasteiger partial charge in [0, 0.05) is 22.9 Å². The highest BCUT2D eigenvalue weighted by Crippen LogP contribution is 2.20. The summed E-state index contributed by atoms with van der Waals surface area (Å²) >= 11 is 0. The molecule has 0 bridgehead atoms. The summed E-state index contributed by atoms with van der Waals surface area (Å²) in [6, 6.07) is 10.6. The van der Waals surface area contributed by atoms with E-state index in [1.54, 1.807) is 31.2 Å². The lowest BCUT2D eigenvalue weighted by Gasteiger charge is -2.13. The molecular weight excluding hydrogens is 352 g/mol. The van der Waals surface area contributed by atoms with Gasteiger partial charge in [0.25, 0.3) is 15.9 Å². The van der Waals surface area contributed by atoms with E-state index in [0.717, 1.165) is 0 Å². The molecular formula is C19H22N2O4S. The molecule has 2 rings (SSSR count). The molecule has 0 heterocycles. The first kappa shape index (κ1) is 19.7. The van der Waals surface area contributed by atoms with Gasteiger partial charge < -0.3 is 5.32 Å². The maximum Gasteiger partial charge on any atom is 0.261 e. The second-order valence-electron chi connectivity index (χ2n) is 6.35. The number of carbonyl (C=O) groups excluding carboxylic acids is 2. The number of Topliss-reactive ketones (excluding diaryl/α,β-unsaturated/α-hetero) is 1. The third-order valence-electron chi connectivity index (χ3n) is 3.71. The minimum absolute atomic E-state index is 0.0229. The van der Waals surface area contributed by atoms with Crippen LogP contribution in [-0.2, 0) is 10.0 Å². The predicted molar refractivity (Wildman–Crippen MR) is 101 cm³/mol. The van der Waals surface area contributed by atoms with Gasteiger partial charge in [0.05, 0.1) is 4.90 Å². The topological polar surface area (TPSA) is 92.3 Å². The van der Waals surface area contributed by atoms with E-state index in [4.69, 9.17) is 0 Å². The SMILES string of the molecule is CC(=O)c1cccc(NS(=O)(=O)c2ccc(C)c(C(=O)NC(C)C)c2)c1. The molecule has 7 heteroatoms. The van der Waals surface area contributed by atoms with Crippen LogP contribution in [0.2, 0.25) is 0 Å². The number of anilines is 1. The average Bonchev–Trinajstić information content (AvgIpc) is 2.54. The number of hydrogen-bond donors (Lipinski definition) is 2. The Morgan fingerprint density at radius 1 is 1.04 bits per heavy atom. The first-order chi connectivity index (χ1) is 12.1. The zero-order valence-corrected chi connectivity index (χ0v) is 16.0. The number of nitrogens with one attached hydrogen (secondary N) is 2. The van der Waals surface area contributed by atoms with Crippen molar-refractivity contribution in [1.82, 2.24) is 5.32 Å². The number of carbonyl (C=O) groups is 2. The zero-order valence-electron chi connectivity index (χ0n) is 15.2. The highest BCUT2D eigenvalue weighted by molar-refractivity contribution is 7.92. The lowest BCUT2D eigenvalue weighted by Crippen LogP contribution is -2.30. The molecule has 2 aromatic carbocycles. The van der Waals surface area contributed by atoms with E-state index in [0.29, 0.717) is 16.7 Å². The van der Waals surface area contributed by atoms with Gasteiger partial charge in [0.1, 0.15) is 0 Å². The largest absolute Gasteiger partial charge is 0.350 e. The summed E-state index contributed by atoms with van der Waals surface area (Å²) in [6.07, 6.45) is 0. The van der Waals surface area contributed by atoms with Gasteiger partial charge in [-0.2, -0.15) is 0 Å². The van der Waals surface area contributed by atoms with Crippen LogP contribution < -0.4 is 10.0 Å². The van der Waals surface area contributed by atoms with E-state index in [1.165, 1.54) is 25.1 Å².